The second-order valence-electron chi connectivity index (χ2n) is 8.52. The highest BCUT2D eigenvalue weighted by Crippen LogP contribution is 2.34. The lowest BCUT2D eigenvalue weighted by atomic mass is 9.98. The molecule has 1 saturated heterocycles. The van der Waals surface area contributed by atoms with Gasteiger partial charge in [-0.25, -0.2) is 5.01 Å². The van der Waals surface area contributed by atoms with Crippen molar-refractivity contribution in [1.29, 1.82) is 0 Å². The molecule has 1 fully saturated rings. The molecule has 7 nitrogen and oxygen atoms in total. The van der Waals surface area contributed by atoms with Gasteiger partial charge in [0.05, 0.1) is 32.0 Å². The van der Waals surface area contributed by atoms with Crippen LogP contribution in [-0.4, -0.2) is 60.3 Å². The highest BCUT2D eigenvalue weighted by atomic mass is 35.5. The number of nitrogens with zero attached hydrogens (tertiary/aromatic N) is 3. The van der Waals surface area contributed by atoms with Gasteiger partial charge in [0.15, 0.2) is 0 Å². The molecule has 2 aliphatic heterocycles. The van der Waals surface area contributed by atoms with Gasteiger partial charge < -0.3 is 9.47 Å². The molecule has 0 radical (unpaired) electrons. The number of hydrogen-bond acceptors (Lipinski definition) is 6. The molecule has 2 atom stereocenters. The number of methoxy groups -OCH3 is 1. The minimum absolute atomic E-state index is 0.118. The maximum absolute atomic E-state index is 13.5. The van der Waals surface area contributed by atoms with Gasteiger partial charge in [0.2, 0.25) is 0 Å². The number of hydrazone groups is 1. The highest BCUT2D eigenvalue weighted by molar-refractivity contribution is 6.30. The van der Waals surface area contributed by atoms with Crippen molar-refractivity contribution >= 4 is 29.2 Å². The number of ether oxygens (including phenoxy) is 2. The van der Waals surface area contributed by atoms with Gasteiger partial charge in [-0.1, -0.05) is 30.2 Å². The van der Waals surface area contributed by atoms with Crippen LogP contribution < -0.4 is 4.74 Å². The van der Waals surface area contributed by atoms with Crippen LogP contribution in [0.3, 0.4) is 0 Å². The zero-order chi connectivity index (χ0) is 24.1. The average Bonchev–Trinajstić information content (AvgIpc) is 3.31. The maximum Gasteiger partial charge on any atom is 0.323 e. The van der Waals surface area contributed by atoms with Crippen molar-refractivity contribution in [3.63, 3.8) is 0 Å². The summed E-state index contributed by atoms with van der Waals surface area (Å²) in [6, 6.07) is 14.6. The number of halogens is 1. The standard InChI is InChI=1S/C26H30ClN3O4/c1-3-34-26(32)23-6-4-5-15-29(23)17-25(31)30-24(19-7-11-20(27)12-8-19)16-22(28-30)18-9-13-21(33-2)14-10-18/h7-14,23-24H,3-6,15-17H2,1-2H3/t23-,24-/m1/s1. The summed E-state index contributed by atoms with van der Waals surface area (Å²) in [6.07, 6.45) is 3.18. The summed E-state index contributed by atoms with van der Waals surface area (Å²) < 4.78 is 10.5. The summed E-state index contributed by atoms with van der Waals surface area (Å²) in [4.78, 5) is 28.0. The van der Waals surface area contributed by atoms with E-state index in [9.17, 15) is 9.59 Å². The molecular weight excluding hydrogens is 454 g/mol. The molecule has 2 aromatic rings. The van der Waals surface area contributed by atoms with Crippen molar-refractivity contribution in [2.45, 2.75) is 44.7 Å². The van der Waals surface area contributed by atoms with Crippen LogP contribution in [0.15, 0.2) is 53.6 Å². The van der Waals surface area contributed by atoms with Gasteiger partial charge in [0.25, 0.3) is 5.91 Å². The summed E-state index contributed by atoms with van der Waals surface area (Å²) >= 11 is 6.10. The predicted octanol–water partition coefficient (Wildman–Crippen LogP) is 4.44. The Morgan fingerprint density at radius 1 is 1.09 bits per heavy atom. The number of esters is 1. The molecule has 0 aliphatic carbocycles. The van der Waals surface area contributed by atoms with Gasteiger partial charge in [-0.3, -0.25) is 14.5 Å². The van der Waals surface area contributed by atoms with Crippen molar-refractivity contribution in [2.75, 3.05) is 26.8 Å². The van der Waals surface area contributed by atoms with Gasteiger partial charge in [-0.2, -0.15) is 5.10 Å². The molecule has 180 valence electrons. The minimum atomic E-state index is -0.390. The Balaban J connectivity index is 1.58. The number of carbonyl (C=O) groups excluding carboxylic acids is 2. The van der Waals surface area contributed by atoms with Gasteiger partial charge in [0.1, 0.15) is 11.8 Å². The van der Waals surface area contributed by atoms with Crippen LogP contribution in [0.2, 0.25) is 5.02 Å². The summed E-state index contributed by atoms with van der Waals surface area (Å²) in [5, 5.41) is 6.96. The molecule has 0 aromatic heterocycles. The van der Waals surface area contributed by atoms with Gasteiger partial charge >= 0.3 is 5.97 Å². The molecule has 8 heteroatoms. The smallest absolute Gasteiger partial charge is 0.323 e. The third kappa shape index (κ3) is 5.42. The topological polar surface area (TPSA) is 71.4 Å². The van der Waals surface area contributed by atoms with Crippen LogP contribution in [0.4, 0.5) is 0 Å². The first-order valence-corrected chi connectivity index (χ1v) is 12.1. The number of benzene rings is 2. The Kier molecular flexibility index (Phi) is 7.85. The molecule has 0 spiro atoms. The first-order chi connectivity index (χ1) is 16.5. The molecule has 0 bridgehead atoms. The second-order valence-corrected chi connectivity index (χ2v) is 8.96. The largest absolute Gasteiger partial charge is 0.497 e. The van der Waals surface area contributed by atoms with E-state index >= 15 is 0 Å². The molecule has 0 unspecified atom stereocenters. The normalized spacial score (nSPS) is 20.7. The third-order valence-electron chi connectivity index (χ3n) is 6.35. The zero-order valence-corrected chi connectivity index (χ0v) is 20.3. The van der Waals surface area contributed by atoms with Crippen LogP contribution in [0.25, 0.3) is 0 Å². The van der Waals surface area contributed by atoms with E-state index in [0.717, 1.165) is 35.4 Å². The summed E-state index contributed by atoms with van der Waals surface area (Å²) in [6.45, 7) is 2.93. The first-order valence-electron chi connectivity index (χ1n) is 11.7. The van der Waals surface area contributed by atoms with E-state index < -0.39 is 0 Å². The van der Waals surface area contributed by atoms with Crippen molar-refractivity contribution in [3.8, 4) is 5.75 Å². The number of hydrogen-bond donors (Lipinski definition) is 0. The Bertz CT molecular complexity index is 1040. The predicted molar refractivity (Wildman–Crippen MR) is 131 cm³/mol. The number of amides is 1. The van der Waals surface area contributed by atoms with Crippen molar-refractivity contribution in [3.05, 3.63) is 64.7 Å². The van der Waals surface area contributed by atoms with E-state index in [1.165, 1.54) is 0 Å². The third-order valence-corrected chi connectivity index (χ3v) is 6.61. The number of carbonyl (C=O) groups is 2. The van der Waals surface area contributed by atoms with Crippen molar-refractivity contribution < 1.29 is 19.1 Å². The quantitative estimate of drug-likeness (QED) is 0.544. The summed E-state index contributed by atoms with van der Waals surface area (Å²) in [5.41, 5.74) is 2.74. The average molecular weight is 484 g/mol. The molecule has 2 heterocycles. The minimum Gasteiger partial charge on any atom is -0.497 e. The molecule has 4 rings (SSSR count). The molecule has 2 aliphatic rings. The fourth-order valence-corrected chi connectivity index (χ4v) is 4.70. The number of piperidine rings is 1. The van der Waals surface area contributed by atoms with Crippen LogP contribution in [-0.2, 0) is 14.3 Å². The van der Waals surface area contributed by atoms with Crippen molar-refractivity contribution in [1.82, 2.24) is 9.91 Å². The highest BCUT2D eigenvalue weighted by Gasteiger charge is 2.37. The summed E-state index contributed by atoms with van der Waals surface area (Å²) in [5.74, 6) is 0.368. The zero-order valence-electron chi connectivity index (χ0n) is 19.6. The van der Waals surface area contributed by atoms with Crippen molar-refractivity contribution in [2.24, 2.45) is 5.10 Å². The molecule has 1 amide bonds. The van der Waals surface area contributed by atoms with Gasteiger partial charge in [-0.15, -0.1) is 0 Å². The summed E-state index contributed by atoms with van der Waals surface area (Å²) in [7, 11) is 1.63. The van der Waals surface area contributed by atoms with E-state index in [1.807, 2.05) is 53.4 Å². The van der Waals surface area contributed by atoms with Crippen LogP contribution in [0.5, 0.6) is 5.75 Å². The van der Waals surface area contributed by atoms with E-state index in [0.29, 0.717) is 31.0 Å². The lowest BCUT2D eigenvalue weighted by molar-refractivity contribution is -0.152. The molecule has 2 aromatic carbocycles. The van der Waals surface area contributed by atoms with E-state index in [4.69, 9.17) is 26.2 Å². The van der Waals surface area contributed by atoms with Crippen LogP contribution >= 0.6 is 11.6 Å². The Labute approximate surface area is 205 Å². The fourth-order valence-electron chi connectivity index (χ4n) is 4.57. The van der Waals surface area contributed by atoms with Gasteiger partial charge in [0, 0.05) is 11.4 Å². The monoisotopic (exact) mass is 483 g/mol. The van der Waals surface area contributed by atoms with Crippen LogP contribution in [0, 0.1) is 0 Å². The lowest BCUT2D eigenvalue weighted by Gasteiger charge is -2.34. The molecule has 0 saturated carbocycles. The molecule has 0 N–H and O–H groups in total. The Morgan fingerprint density at radius 3 is 2.50 bits per heavy atom. The van der Waals surface area contributed by atoms with Crippen LogP contribution in [0.1, 0.15) is 49.8 Å². The number of likely N-dealkylation sites (tertiary alicyclic amines) is 1. The first kappa shape index (κ1) is 24.2. The fraction of sp³-hybridized carbons (Fsp3) is 0.423. The Morgan fingerprint density at radius 2 is 1.82 bits per heavy atom. The maximum atomic E-state index is 13.5. The molecule has 34 heavy (non-hydrogen) atoms. The van der Waals surface area contributed by atoms with E-state index in [1.54, 1.807) is 19.0 Å². The Hall–Kier alpha value is -2.90. The SMILES string of the molecule is CCOC(=O)[C@H]1CCCCN1CC(=O)N1N=C(c2ccc(OC)cc2)C[C@@H]1c1ccc(Cl)cc1. The lowest BCUT2D eigenvalue weighted by Crippen LogP contribution is -2.49. The van der Waals surface area contributed by atoms with Gasteiger partial charge in [-0.05, 0) is 73.8 Å². The second kappa shape index (κ2) is 11.0. The van der Waals surface area contributed by atoms with E-state index in [2.05, 4.69) is 0 Å². The number of rotatable bonds is 7. The van der Waals surface area contributed by atoms with E-state index in [-0.39, 0.29) is 30.5 Å². The molecular formula is C26H30ClN3O4.